The van der Waals surface area contributed by atoms with Crippen LogP contribution in [0.2, 0.25) is 0 Å². The molecule has 6 nitrogen and oxygen atoms in total. The summed E-state index contributed by atoms with van der Waals surface area (Å²) in [6.07, 6.45) is -0.100. The number of nitrogens with one attached hydrogen (secondary N) is 1. The number of likely N-dealkylation sites (N-methyl/N-ethyl adjacent to an activating group) is 1. The summed E-state index contributed by atoms with van der Waals surface area (Å²) in [6, 6.07) is 10.5. The third-order valence-corrected chi connectivity index (χ3v) is 6.96. The van der Waals surface area contributed by atoms with Crippen LogP contribution in [0.25, 0.3) is 0 Å². The molecule has 0 saturated heterocycles. The molecule has 24 heavy (non-hydrogen) atoms. The van der Waals surface area contributed by atoms with Crippen LogP contribution in [0.5, 0.6) is 5.75 Å². The van der Waals surface area contributed by atoms with Crippen molar-refractivity contribution < 1.29 is 17.9 Å². The monoisotopic (exact) mass is 366 g/mol. The maximum Gasteiger partial charge on any atom is 0.269 e. The topological polar surface area (TPSA) is 75.7 Å². The highest BCUT2D eigenvalue weighted by Gasteiger charge is 2.33. The first-order valence-electron chi connectivity index (χ1n) is 7.54. The molecule has 0 saturated carbocycles. The number of fused-ring (bicyclic) bond motifs is 1. The number of rotatable bonds is 5. The zero-order chi connectivity index (χ0) is 17.3. The number of hydrogen-bond donors (Lipinski definition) is 1. The van der Waals surface area contributed by atoms with E-state index < -0.39 is 16.1 Å². The van der Waals surface area contributed by atoms with Gasteiger partial charge in [-0.3, -0.25) is 4.79 Å². The van der Waals surface area contributed by atoms with Gasteiger partial charge in [0, 0.05) is 11.9 Å². The summed E-state index contributed by atoms with van der Waals surface area (Å²) in [5.74, 6) is 0.282. The summed E-state index contributed by atoms with van der Waals surface area (Å²) in [5.41, 5.74) is 0.674. The van der Waals surface area contributed by atoms with E-state index in [0.29, 0.717) is 11.4 Å². The van der Waals surface area contributed by atoms with E-state index in [2.05, 4.69) is 4.72 Å². The Labute approximate surface area is 145 Å². The third kappa shape index (κ3) is 3.17. The molecule has 0 bridgehead atoms. The van der Waals surface area contributed by atoms with E-state index in [0.717, 1.165) is 11.3 Å². The average molecular weight is 366 g/mol. The van der Waals surface area contributed by atoms with Crippen molar-refractivity contribution in [3.05, 3.63) is 41.3 Å². The van der Waals surface area contributed by atoms with Gasteiger partial charge in [-0.1, -0.05) is 19.1 Å². The zero-order valence-electron chi connectivity index (χ0n) is 13.4. The molecule has 1 amide bonds. The zero-order valence-corrected chi connectivity index (χ0v) is 15.0. The van der Waals surface area contributed by atoms with Crippen LogP contribution in [0.4, 0.5) is 5.69 Å². The molecule has 1 aliphatic rings. The summed E-state index contributed by atoms with van der Waals surface area (Å²) in [7, 11) is -2.00. The summed E-state index contributed by atoms with van der Waals surface area (Å²) in [4.78, 5) is 14.8. The lowest BCUT2D eigenvalue weighted by Crippen LogP contribution is -2.49. The summed E-state index contributed by atoms with van der Waals surface area (Å²) in [6.45, 7) is 1.86. The van der Waals surface area contributed by atoms with E-state index in [4.69, 9.17) is 4.74 Å². The van der Waals surface area contributed by atoms with Crippen LogP contribution in [0.3, 0.4) is 0 Å². The number of carbonyl (C=O) groups excluding carboxylic acids is 1. The molecule has 1 aromatic heterocycles. The Hall–Kier alpha value is -1.90. The fraction of sp³-hybridized carbons (Fsp3) is 0.312. The normalized spacial score (nSPS) is 17.5. The van der Waals surface area contributed by atoms with Gasteiger partial charge in [-0.15, -0.1) is 11.3 Å². The Morgan fingerprint density at radius 1 is 1.25 bits per heavy atom. The maximum absolute atomic E-state index is 12.4. The standard InChI is InChI=1S/C16H18N2O4S2/c1-3-11-8-9-15(23-11)24(20,21)17-10-14-16(19)18(2)12-6-4-5-7-13(12)22-14/h4-9,14,17H,3,10H2,1-2H3. The van der Waals surface area contributed by atoms with Crippen LogP contribution in [0.15, 0.2) is 40.6 Å². The Kier molecular flexibility index (Phi) is 4.62. The van der Waals surface area contributed by atoms with Crippen molar-refractivity contribution in [3.8, 4) is 5.75 Å². The number of benzene rings is 1. The molecule has 2 aromatic rings. The molecule has 1 aromatic carbocycles. The number of hydrogen-bond acceptors (Lipinski definition) is 5. The summed E-state index contributed by atoms with van der Waals surface area (Å²) >= 11 is 1.23. The van der Waals surface area contributed by atoms with E-state index in [1.54, 1.807) is 31.3 Å². The van der Waals surface area contributed by atoms with Gasteiger partial charge in [0.25, 0.3) is 5.91 Å². The first-order valence-corrected chi connectivity index (χ1v) is 9.84. The second-order valence-electron chi connectivity index (χ2n) is 5.40. The second kappa shape index (κ2) is 6.54. The van der Waals surface area contributed by atoms with E-state index in [9.17, 15) is 13.2 Å². The van der Waals surface area contributed by atoms with Gasteiger partial charge in [0.05, 0.1) is 12.2 Å². The predicted octanol–water partition coefficient (Wildman–Crippen LogP) is 2.01. The van der Waals surface area contributed by atoms with Gasteiger partial charge in [-0.2, -0.15) is 0 Å². The number of nitrogens with zero attached hydrogens (tertiary/aromatic N) is 1. The fourth-order valence-corrected chi connectivity index (χ4v) is 4.82. The van der Waals surface area contributed by atoms with Gasteiger partial charge in [0.15, 0.2) is 6.10 Å². The number of para-hydroxylation sites is 2. The van der Waals surface area contributed by atoms with Gasteiger partial charge < -0.3 is 9.64 Å². The molecule has 0 spiro atoms. The Morgan fingerprint density at radius 3 is 2.71 bits per heavy atom. The first kappa shape index (κ1) is 16.9. The molecule has 128 valence electrons. The molecular formula is C16H18N2O4S2. The number of ether oxygens (including phenoxy) is 1. The summed E-state index contributed by atoms with van der Waals surface area (Å²) in [5, 5.41) is 0. The van der Waals surface area contributed by atoms with Crippen LogP contribution < -0.4 is 14.4 Å². The van der Waals surface area contributed by atoms with E-state index >= 15 is 0 Å². The van der Waals surface area contributed by atoms with Crippen LogP contribution in [0.1, 0.15) is 11.8 Å². The van der Waals surface area contributed by atoms with Crippen molar-refractivity contribution in [1.82, 2.24) is 4.72 Å². The molecule has 1 aliphatic heterocycles. The van der Waals surface area contributed by atoms with Crippen molar-refractivity contribution in [2.24, 2.45) is 0 Å². The lowest BCUT2D eigenvalue weighted by atomic mass is 10.2. The third-order valence-electron chi connectivity index (χ3n) is 3.81. The first-order chi connectivity index (χ1) is 11.4. The molecule has 1 N–H and O–H groups in total. The number of carbonyl (C=O) groups is 1. The van der Waals surface area contributed by atoms with Crippen molar-refractivity contribution in [2.45, 2.75) is 23.7 Å². The van der Waals surface area contributed by atoms with Crippen molar-refractivity contribution in [2.75, 3.05) is 18.5 Å². The Morgan fingerprint density at radius 2 is 2.00 bits per heavy atom. The molecule has 0 radical (unpaired) electrons. The molecule has 2 heterocycles. The predicted molar refractivity (Wildman–Crippen MR) is 93.2 cm³/mol. The number of thiophene rings is 1. The number of sulfonamides is 1. The van der Waals surface area contributed by atoms with Gasteiger partial charge in [0.2, 0.25) is 10.0 Å². The Bertz CT molecular complexity index is 860. The molecule has 0 aliphatic carbocycles. The molecule has 0 fully saturated rings. The molecule has 1 atom stereocenters. The lowest BCUT2D eigenvalue weighted by molar-refractivity contribution is -0.125. The smallest absolute Gasteiger partial charge is 0.269 e. The number of amides is 1. The minimum atomic E-state index is -3.65. The van der Waals surface area contributed by atoms with E-state index in [1.165, 1.54) is 16.2 Å². The van der Waals surface area contributed by atoms with Crippen molar-refractivity contribution in [1.29, 1.82) is 0 Å². The fourth-order valence-electron chi connectivity index (χ4n) is 2.45. The molecule has 1 unspecified atom stereocenters. The van der Waals surface area contributed by atoms with Crippen LogP contribution in [-0.2, 0) is 21.2 Å². The van der Waals surface area contributed by atoms with E-state index in [-0.39, 0.29) is 16.7 Å². The largest absolute Gasteiger partial charge is 0.477 e. The molecule has 3 rings (SSSR count). The van der Waals surface area contributed by atoms with Crippen molar-refractivity contribution >= 4 is 33.0 Å². The van der Waals surface area contributed by atoms with Gasteiger partial charge in [0.1, 0.15) is 9.96 Å². The maximum atomic E-state index is 12.4. The number of anilines is 1. The minimum absolute atomic E-state index is 0.112. The van der Waals surface area contributed by atoms with Gasteiger partial charge in [-0.05, 0) is 30.7 Å². The quantitative estimate of drug-likeness (QED) is 0.878. The lowest BCUT2D eigenvalue weighted by Gasteiger charge is -2.31. The van der Waals surface area contributed by atoms with E-state index in [1.807, 2.05) is 19.1 Å². The average Bonchev–Trinajstić information content (AvgIpc) is 3.07. The SMILES string of the molecule is CCc1ccc(S(=O)(=O)NCC2Oc3ccccc3N(C)C2=O)s1. The highest BCUT2D eigenvalue weighted by molar-refractivity contribution is 7.91. The highest BCUT2D eigenvalue weighted by Crippen LogP contribution is 2.32. The number of aryl methyl sites for hydroxylation is 1. The minimum Gasteiger partial charge on any atom is -0.477 e. The van der Waals surface area contributed by atoms with Gasteiger partial charge in [-0.25, -0.2) is 13.1 Å². The molecular weight excluding hydrogens is 348 g/mol. The van der Waals surface area contributed by atoms with Gasteiger partial charge >= 0.3 is 0 Å². The molecule has 8 heteroatoms. The van der Waals surface area contributed by atoms with Crippen molar-refractivity contribution in [3.63, 3.8) is 0 Å². The Balaban J connectivity index is 1.74. The van der Waals surface area contributed by atoms with Crippen LogP contribution in [0, 0.1) is 0 Å². The summed E-state index contributed by atoms with van der Waals surface area (Å²) < 4.78 is 33.1. The second-order valence-corrected chi connectivity index (χ2v) is 8.56. The van der Waals surface area contributed by atoms with Crippen LogP contribution in [-0.4, -0.2) is 34.0 Å². The highest BCUT2D eigenvalue weighted by atomic mass is 32.2. The van der Waals surface area contributed by atoms with Crippen LogP contribution >= 0.6 is 11.3 Å².